The van der Waals surface area contributed by atoms with Gasteiger partial charge in [-0.15, -0.1) is 0 Å². The molecular formula is C18H15ClF4N2O4. The molecule has 2 aromatic rings. The third-order valence-electron chi connectivity index (χ3n) is 3.61. The first-order valence-corrected chi connectivity index (χ1v) is 8.33. The predicted octanol–water partition coefficient (Wildman–Crippen LogP) is 5.09. The largest absolute Gasteiger partial charge is 0.451 e. The molecule has 0 aliphatic heterocycles. The van der Waals surface area contributed by atoms with Crippen molar-refractivity contribution in [3.63, 3.8) is 0 Å². The van der Waals surface area contributed by atoms with Crippen LogP contribution in [-0.2, 0) is 22.4 Å². The van der Waals surface area contributed by atoms with Crippen molar-refractivity contribution in [1.29, 1.82) is 0 Å². The Balaban J connectivity index is 2.14. The quantitative estimate of drug-likeness (QED) is 0.390. The van der Waals surface area contributed by atoms with Crippen LogP contribution in [0.15, 0.2) is 41.6 Å². The number of benzene rings is 2. The lowest BCUT2D eigenvalue weighted by Crippen LogP contribution is -2.26. The topological polar surface area (TPSA) is 69.2 Å². The zero-order valence-corrected chi connectivity index (χ0v) is 15.9. The van der Waals surface area contributed by atoms with Gasteiger partial charge in [-0.05, 0) is 31.2 Å². The second-order valence-corrected chi connectivity index (χ2v) is 5.96. The van der Waals surface area contributed by atoms with Crippen molar-refractivity contribution in [2.75, 3.05) is 7.11 Å². The van der Waals surface area contributed by atoms with Crippen molar-refractivity contribution in [2.45, 2.75) is 19.7 Å². The molecule has 0 unspecified atom stereocenters. The lowest BCUT2D eigenvalue weighted by atomic mass is 10.1. The summed E-state index contributed by atoms with van der Waals surface area (Å²) in [6, 6.07) is 7.03. The van der Waals surface area contributed by atoms with Crippen LogP contribution in [0.4, 0.5) is 22.4 Å². The highest BCUT2D eigenvalue weighted by Gasteiger charge is 2.34. The van der Waals surface area contributed by atoms with Gasteiger partial charge < -0.3 is 14.4 Å². The highest BCUT2D eigenvalue weighted by atomic mass is 35.5. The number of ether oxygens (including phenoxy) is 1. The molecule has 0 aromatic heterocycles. The molecule has 11 heteroatoms. The second-order valence-electron chi connectivity index (χ2n) is 5.55. The summed E-state index contributed by atoms with van der Waals surface area (Å²) >= 11 is 5.95. The van der Waals surface area contributed by atoms with Gasteiger partial charge >= 0.3 is 12.3 Å². The third-order valence-corrected chi connectivity index (χ3v) is 3.93. The van der Waals surface area contributed by atoms with E-state index in [0.29, 0.717) is 5.56 Å². The Hall–Kier alpha value is -3.01. The van der Waals surface area contributed by atoms with E-state index >= 15 is 0 Å². The van der Waals surface area contributed by atoms with E-state index in [9.17, 15) is 22.4 Å². The summed E-state index contributed by atoms with van der Waals surface area (Å²) in [7, 11) is 1.14. The zero-order valence-electron chi connectivity index (χ0n) is 15.1. The van der Waals surface area contributed by atoms with Crippen LogP contribution < -0.4 is 10.3 Å². The fourth-order valence-corrected chi connectivity index (χ4v) is 2.32. The highest BCUT2D eigenvalue weighted by molar-refractivity contribution is 6.32. The first-order valence-electron chi connectivity index (χ1n) is 7.95. The number of hydrogen-bond donors (Lipinski definition) is 1. The minimum Gasteiger partial charge on any atom is -0.451 e. The van der Waals surface area contributed by atoms with Gasteiger partial charge in [-0.1, -0.05) is 28.9 Å². The standard InChI is InChI=1S/C18H15ClF4N2O4/c1-10(11-6-7-14(19)16(8-11)29-25-17(26)27-2)24-28-9-12-13(18(21,22)23)4-3-5-15(12)20/h3-8H,9H2,1-2H3,(H,25,26). The van der Waals surface area contributed by atoms with Crippen molar-refractivity contribution < 1.29 is 36.8 Å². The lowest BCUT2D eigenvalue weighted by Gasteiger charge is -2.13. The fourth-order valence-electron chi connectivity index (χ4n) is 2.16. The van der Waals surface area contributed by atoms with Crippen LogP contribution in [0.2, 0.25) is 5.02 Å². The van der Waals surface area contributed by atoms with Crippen LogP contribution >= 0.6 is 11.6 Å². The molecule has 0 aliphatic carbocycles. The van der Waals surface area contributed by atoms with Gasteiger partial charge in [0.1, 0.15) is 12.4 Å². The highest BCUT2D eigenvalue weighted by Crippen LogP contribution is 2.33. The number of carbonyl (C=O) groups excluding carboxylic acids is 1. The lowest BCUT2D eigenvalue weighted by molar-refractivity contribution is -0.139. The van der Waals surface area contributed by atoms with E-state index in [1.165, 1.54) is 19.1 Å². The smallest absolute Gasteiger partial charge is 0.440 e. The Bertz CT molecular complexity index is 919. The van der Waals surface area contributed by atoms with Crippen LogP contribution in [0.3, 0.4) is 0 Å². The van der Waals surface area contributed by atoms with Crippen LogP contribution in [0.1, 0.15) is 23.6 Å². The van der Waals surface area contributed by atoms with Gasteiger partial charge in [0.15, 0.2) is 5.75 Å². The van der Waals surface area contributed by atoms with E-state index in [1.807, 2.05) is 5.48 Å². The Morgan fingerprint density at radius 2 is 1.97 bits per heavy atom. The van der Waals surface area contributed by atoms with E-state index in [0.717, 1.165) is 25.3 Å². The number of halogens is 5. The molecule has 0 saturated heterocycles. The molecule has 0 aliphatic rings. The maximum atomic E-state index is 13.8. The van der Waals surface area contributed by atoms with Crippen molar-refractivity contribution in [2.24, 2.45) is 5.16 Å². The molecule has 1 amide bonds. The second kappa shape index (κ2) is 9.46. The molecule has 2 aromatic carbocycles. The SMILES string of the molecule is COC(=O)NOc1cc(C(C)=NOCc2c(F)cccc2C(F)(F)F)ccc1Cl. The summed E-state index contributed by atoms with van der Waals surface area (Å²) in [6.45, 7) is 0.784. The zero-order chi connectivity index (χ0) is 21.6. The number of hydrogen-bond acceptors (Lipinski definition) is 5. The summed E-state index contributed by atoms with van der Waals surface area (Å²) in [5, 5.41) is 3.87. The van der Waals surface area contributed by atoms with E-state index in [2.05, 4.69) is 9.89 Å². The van der Waals surface area contributed by atoms with Crippen LogP contribution in [0.25, 0.3) is 0 Å². The number of hydroxylamine groups is 1. The minimum absolute atomic E-state index is 0.0672. The molecule has 2 rings (SSSR count). The molecule has 156 valence electrons. The molecule has 0 spiro atoms. The Morgan fingerprint density at radius 1 is 1.24 bits per heavy atom. The van der Waals surface area contributed by atoms with Gasteiger partial charge in [-0.2, -0.15) is 18.7 Å². The average molecular weight is 435 g/mol. The van der Waals surface area contributed by atoms with E-state index in [4.69, 9.17) is 21.3 Å². The van der Waals surface area contributed by atoms with Gasteiger partial charge in [0.25, 0.3) is 0 Å². The fraction of sp³-hybridized carbons (Fsp3) is 0.222. The molecule has 6 nitrogen and oxygen atoms in total. The normalized spacial score (nSPS) is 11.8. The summed E-state index contributed by atoms with van der Waals surface area (Å²) in [5.74, 6) is -0.985. The number of nitrogens with one attached hydrogen (secondary N) is 1. The van der Waals surface area contributed by atoms with Crippen molar-refractivity contribution in [3.8, 4) is 5.75 Å². The number of amides is 1. The van der Waals surface area contributed by atoms with Gasteiger partial charge in [0.05, 0.1) is 23.4 Å². The maximum Gasteiger partial charge on any atom is 0.440 e. The minimum atomic E-state index is -4.73. The van der Waals surface area contributed by atoms with E-state index in [-0.39, 0.29) is 16.5 Å². The summed E-state index contributed by atoms with van der Waals surface area (Å²) in [6.07, 6.45) is -5.58. The third kappa shape index (κ3) is 5.98. The molecule has 0 atom stereocenters. The molecule has 0 fully saturated rings. The summed E-state index contributed by atoms with van der Waals surface area (Å²) in [4.78, 5) is 21.0. The van der Waals surface area contributed by atoms with E-state index < -0.39 is 35.8 Å². The molecule has 0 saturated carbocycles. The van der Waals surface area contributed by atoms with Crippen molar-refractivity contribution >= 4 is 23.4 Å². The number of nitrogens with zero attached hydrogens (tertiary/aromatic N) is 1. The van der Waals surface area contributed by atoms with E-state index in [1.54, 1.807) is 6.07 Å². The number of alkyl halides is 3. The van der Waals surface area contributed by atoms with Gasteiger partial charge in [-0.25, -0.2) is 9.18 Å². The van der Waals surface area contributed by atoms with Gasteiger partial charge in [0, 0.05) is 11.1 Å². The first kappa shape index (κ1) is 22.3. The molecule has 29 heavy (non-hydrogen) atoms. The van der Waals surface area contributed by atoms with Crippen LogP contribution in [0, 0.1) is 5.82 Å². The molecule has 0 radical (unpaired) electrons. The molecular weight excluding hydrogens is 420 g/mol. The number of oxime groups is 1. The Labute approximate surface area is 167 Å². The maximum absolute atomic E-state index is 13.8. The molecule has 0 heterocycles. The number of carbonyl (C=O) groups is 1. The van der Waals surface area contributed by atoms with Gasteiger partial charge in [-0.3, -0.25) is 0 Å². The monoisotopic (exact) mass is 434 g/mol. The van der Waals surface area contributed by atoms with Crippen LogP contribution in [-0.4, -0.2) is 18.9 Å². The summed E-state index contributed by atoms with van der Waals surface area (Å²) < 4.78 is 57.1. The van der Waals surface area contributed by atoms with Crippen molar-refractivity contribution in [3.05, 3.63) is 63.9 Å². The first-order chi connectivity index (χ1) is 13.6. The predicted molar refractivity (Wildman–Crippen MR) is 96.0 cm³/mol. The number of methoxy groups -OCH3 is 1. The van der Waals surface area contributed by atoms with Crippen molar-refractivity contribution in [1.82, 2.24) is 5.48 Å². The van der Waals surface area contributed by atoms with Gasteiger partial charge in [0.2, 0.25) is 0 Å². The Morgan fingerprint density at radius 3 is 2.62 bits per heavy atom. The average Bonchev–Trinajstić information content (AvgIpc) is 2.67. The molecule has 0 bridgehead atoms. The number of rotatable bonds is 6. The molecule has 1 N–H and O–H groups in total. The Kier molecular flexibility index (Phi) is 7.27. The van der Waals surface area contributed by atoms with Crippen LogP contribution in [0.5, 0.6) is 5.75 Å². The summed E-state index contributed by atoms with van der Waals surface area (Å²) in [5.41, 5.74) is 0.867.